The molecular weight excluding hydrogens is 448 g/mol. The number of hydrogen-bond acceptors (Lipinski definition) is 4. The van der Waals surface area contributed by atoms with Gasteiger partial charge in [-0.05, 0) is 38.1 Å². The number of hydrazine groups is 2. The third-order valence-electron chi connectivity index (χ3n) is 2.73. The van der Waals surface area contributed by atoms with Crippen molar-refractivity contribution in [1.82, 2.24) is 21.7 Å². The fraction of sp³-hybridized carbons (Fsp3) is 0.286. The summed E-state index contributed by atoms with van der Waals surface area (Å²) in [6.45, 7) is 3.23. The second kappa shape index (κ2) is 9.38. The van der Waals surface area contributed by atoms with E-state index >= 15 is 0 Å². The Balaban J connectivity index is 2.58. The molecule has 4 N–H and O–H groups in total. The molecule has 0 heterocycles. The Kier molecular flexibility index (Phi) is 7.86. The molecule has 0 fully saturated rings. The first-order chi connectivity index (χ1) is 11.2. The molecule has 24 heavy (non-hydrogen) atoms. The summed E-state index contributed by atoms with van der Waals surface area (Å²) in [5.74, 6) is -1.83. The van der Waals surface area contributed by atoms with Crippen molar-refractivity contribution in [1.29, 1.82) is 0 Å². The summed E-state index contributed by atoms with van der Waals surface area (Å²) in [4.78, 5) is 45.5. The molecule has 1 rings (SSSR count). The number of benzene rings is 1. The van der Waals surface area contributed by atoms with E-state index in [1.54, 1.807) is 13.8 Å². The van der Waals surface area contributed by atoms with Crippen molar-refractivity contribution in [2.45, 2.75) is 23.5 Å². The minimum atomic E-state index is -0.523. The lowest BCUT2D eigenvalue weighted by Crippen LogP contribution is -2.44. The molecule has 0 spiro atoms. The molecule has 0 bridgehead atoms. The van der Waals surface area contributed by atoms with Gasteiger partial charge in [-0.1, -0.05) is 31.9 Å². The average Bonchev–Trinajstić information content (AvgIpc) is 2.56. The quantitative estimate of drug-likeness (QED) is 0.390. The monoisotopic (exact) mass is 462 g/mol. The third-order valence-corrected chi connectivity index (χ3v) is 3.56. The number of rotatable bonds is 4. The van der Waals surface area contributed by atoms with Crippen molar-refractivity contribution in [3.63, 3.8) is 0 Å². The zero-order valence-electron chi connectivity index (χ0n) is 12.9. The van der Waals surface area contributed by atoms with Crippen LogP contribution in [0, 0.1) is 0 Å². The maximum absolute atomic E-state index is 11.8. The molecule has 0 aliphatic carbocycles. The molecule has 0 aliphatic rings. The molecule has 0 unspecified atom stereocenters. The number of halogens is 2. The van der Waals surface area contributed by atoms with Crippen LogP contribution >= 0.6 is 31.9 Å². The van der Waals surface area contributed by atoms with Crippen LogP contribution in [0.25, 0.3) is 0 Å². The normalized spacial score (nSPS) is 12.5. The lowest BCUT2D eigenvalue weighted by atomic mass is 10.1. The Morgan fingerprint density at radius 1 is 0.708 bits per heavy atom. The molecular formula is C14H16Br2N4O4. The van der Waals surface area contributed by atoms with Gasteiger partial charge >= 0.3 is 0 Å². The van der Waals surface area contributed by atoms with E-state index in [1.807, 2.05) is 0 Å². The second-order valence-electron chi connectivity index (χ2n) is 4.70. The van der Waals surface area contributed by atoms with E-state index in [2.05, 4.69) is 53.6 Å². The van der Waals surface area contributed by atoms with E-state index in [0.29, 0.717) is 0 Å². The van der Waals surface area contributed by atoms with Crippen molar-refractivity contribution in [2.24, 2.45) is 0 Å². The number of nitrogens with one attached hydrogen (secondary N) is 4. The fourth-order valence-electron chi connectivity index (χ4n) is 1.35. The van der Waals surface area contributed by atoms with Gasteiger partial charge in [-0.25, -0.2) is 0 Å². The highest BCUT2D eigenvalue weighted by Crippen LogP contribution is 2.04. The SMILES string of the molecule is C[C@H](Br)C(=O)NNC(=O)c1ccc(C(=O)NNC(=O)[C@@H](C)Br)cc1. The van der Waals surface area contributed by atoms with Crippen LogP contribution in [-0.2, 0) is 9.59 Å². The summed E-state index contributed by atoms with van der Waals surface area (Å²) >= 11 is 6.13. The highest BCUT2D eigenvalue weighted by atomic mass is 79.9. The third kappa shape index (κ3) is 6.28. The molecule has 10 heteroatoms. The zero-order chi connectivity index (χ0) is 18.3. The van der Waals surface area contributed by atoms with Gasteiger partial charge in [-0.3, -0.25) is 40.9 Å². The van der Waals surface area contributed by atoms with Gasteiger partial charge in [-0.2, -0.15) is 0 Å². The maximum atomic E-state index is 11.8. The number of amides is 4. The molecule has 0 saturated carbocycles. The summed E-state index contributed by atoms with van der Waals surface area (Å²) in [5.41, 5.74) is 9.50. The number of carbonyl (C=O) groups is 4. The number of hydrogen-bond donors (Lipinski definition) is 4. The van der Waals surface area contributed by atoms with Crippen molar-refractivity contribution < 1.29 is 19.2 Å². The molecule has 4 amide bonds. The van der Waals surface area contributed by atoms with Gasteiger partial charge in [0.05, 0.1) is 9.65 Å². The average molecular weight is 464 g/mol. The number of alkyl halides is 2. The van der Waals surface area contributed by atoms with E-state index in [-0.39, 0.29) is 11.1 Å². The first-order valence-corrected chi connectivity index (χ1v) is 8.64. The fourth-order valence-corrected chi connectivity index (χ4v) is 1.58. The smallest absolute Gasteiger partial charge is 0.269 e. The molecule has 1 aromatic carbocycles. The van der Waals surface area contributed by atoms with Crippen molar-refractivity contribution in [2.75, 3.05) is 0 Å². The topological polar surface area (TPSA) is 116 Å². The molecule has 2 atom stereocenters. The van der Waals surface area contributed by atoms with Gasteiger partial charge in [0.2, 0.25) is 0 Å². The van der Waals surface area contributed by atoms with Crippen LogP contribution in [0.15, 0.2) is 24.3 Å². The Morgan fingerprint density at radius 3 is 1.25 bits per heavy atom. The minimum absolute atomic E-state index is 0.257. The van der Waals surface area contributed by atoms with E-state index in [9.17, 15) is 19.2 Å². The van der Waals surface area contributed by atoms with Crippen molar-refractivity contribution in [3.05, 3.63) is 35.4 Å². The van der Waals surface area contributed by atoms with E-state index in [1.165, 1.54) is 24.3 Å². The predicted octanol–water partition coefficient (Wildman–Crippen LogP) is 0.775. The van der Waals surface area contributed by atoms with Gasteiger partial charge in [0.1, 0.15) is 0 Å². The lowest BCUT2D eigenvalue weighted by molar-refractivity contribution is -0.121. The van der Waals surface area contributed by atoms with Crippen LogP contribution < -0.4 is 21.7 Å². The molecule has 0 saturated heterocycles. The van der Waals surface area contributed by atoms with E-state index in [4.69, 9.17) is 0 Å². The predicted molar refractivity (Wildman–Crippen MR) is 94.4 cm³/mol. The Labute approximate surface area is 155 Å². The maximum Gasteiger partial charge on any atom is 0.269 e. The van der Waals surface area contributed by atoms with Crippen LogP contribution in [0.2, 0.25) is 0 Å². The number of carbonyl (C=O) groups excluding carboxylic acids is 4. The minimum Gasteiger partial charge on any atom is -0.272 e. The van der Waals surface area contributed by atoms with Crippen LogP contribution in [0.3, 0.4) is 0 Å². The molecule has 0 aliphatic heterocycles. The van der Waals surface area contributed by atoms with Crippen molar-refractivity contribution >= 4 is 55.5 Å². The standard InChI is InChI=1S/C14H16Br2N4O4/c1-7(15)11(21)17-19-13(23)9-3-5-10(6-4-9)14(24)20-18-12(22)8(2)16/h3-8H,1-2H3,(H,17,21)(H,18,22)(H,19,23)(H,20,24)/t7-,8+. The van der Waals surface area contributed by atoms with Crippen LogP contribution in [0.1, 0.15) is 34.6 Å². The van der Waals surface area contributed by atoms with E-state index < -0.39 is 33.3 Å². The molecule has 130 valence electrons. The largest absolute Gasteiger partial charge is 0.272 e. The summed E-state index contributed by atoms with van der Waals surface area (Å²) in [6.07, 6.45) is 0. The highest BCUT2D eigenvalue weighted by molar-refractivity contribution is 9.10. The summed E-state index contributed by atoms with van der Waals surface area (Å²) in [5, 5.41) is 0. The Hall–Kier alpha value is -1.94. The highest BCUT2D eigenvalue weighted by Gasteiger charge is 2.13. The van der Waals surface area contributed by atoms with Crippen LogP contribution in [0.4, 0.5) is 0 Å². The molecule has 8 nitrogen and oxygen atoms in total. The lowest BCUT2D eigenvalue weighted by Gasteiger charge is -2.10. The Morgan fingerprint density at radius 2 is 1.00 bits per heavy atom. The van der Waals surface area contributed by atoms with Crippen LogP contribution in [0.5, 0.6) is 0 Å². The second-order valence-corrected chi connectivity index (χ2v) is 7.44. The molecule has 0 radical (unpaired) electrons. The molecule has 1 aromatic rings. The first-order valence-electron chi connectivity index (χ1n) is 6.81. The zero-order valence-corrected chi connectivity index (χ0v) is 16.0. The van der Waals surface area contributed by atoms with Crippen LogP contribution in [-0.4, -0.2) is 33.3 Å². The summed E-state index contributed by atoms with van der Waals surface area (Å²) in [6, 6.07) is 5.68. The van der Waals surface area contributed by atoms with E-state index in [0.717, 1.165) is 0 Å². The van der Waals surface area contributed by atoms with Gasteiger partial charge in [0, 0.05) is 11.1 Å². The van der Waals surface area contributed by atoms with Gasteiger partial charge < -0.3 is 0 Å². The van der Waals surface area contributed by atoms with Gasteiger partial charge in [-0.15, -0.1) is 0 Å². The summed E-state index contributed by atoms with van der Waals surface area (Å²) in [7, 11) is 0. The van der Waals surface area contributed by atoms with Gasteiger partial charge in [0.25, 0.3) is 23.6 Å². The molecule has 0 aromatic heterocycles. The Bertz CT molecular complexity index is 577. The summed E-state index contributed by atoms with van der Waals surface area (Å²) < 4.78 is 0. The van der Waals surface area contributed by atoms with Gasteiger partial charge in [0.15, 0.2) is 0 Å². The first kappa shape index (κ1) is 20.1. The van der Waals surface area contributed by atoms with Crippen molar-refractivity contribution in [3.8, 4) is 0 Å².